The van der Waals surface area contributed by atoms with E-state index in [2.05, 4.69) is 9.97 Å². The molecule has 3 rings (SSSR count). The molecule has 0 N–H and O–H groups in total. The Morgan fingerprint density at radius 2 is 1.86 bits per heavy atom. The number of halogens is 3. The number of pyridine rings is 1. The molecule has 1 fully saturated rings. The molecule has 1 aliphatic rings. The number of nitrogens with zero attached hydrogens (tertiary/aromatic N) is 3. The van der Waals surface area contributed by atoms with Crippen LogP contribution in [0.4, 0.5) is 13.2 Å². The average Bonchev–Trinajstić information content (AvgIpc) is 3.42. The Balaban J connectivity index is 2.05. The molecule has 0 bridgehead atoms. The number of allylic oxidation sites excluding steroid dienone is 1. The molecule has 0 radical (unpaired) electrons. The average molecular weight is 427 g/mol. The van der Waals surface area contributed by atoms with E-state index in [1.54, 1.807) is 26.2 Å². The Labute approximate surface area is 168 Å². The van der Waals surface area contributed by atoms with Crippen LogP contribution in [0.5, 0.6) is 0 Å². The molecule has 0 aromatic carbocycles. The van der Waals surface area contributed by atoms with Crippen molar-refractivity contribution in [3.05, 3.63) is 35.8 Å². The molecule has 2 aromatic rings. The molecule has 2 heterocycles. The van der Waals surface area contributed by atoms with Gasteiger partial charge in [0, 0.05) is 13.2 Å². The molecular weight excluding hydrogens is 403 g/mol. The van der Waals surface area contributed by atoms with Crippen molar-refractivity contribution < 1.29 is 21.6 Å². The van der Waals surface area contributed by atoms with E-state index in [1.165, 1.54) is 10.8 Å². The first-order chi connectivity index (χ1) is 13.4. The van der Waals surface area contributed by atoms with Crippen LogP contribution in [0.15, 0.2) is 29.4 Å². The van der Waals surface area contributed by atoms with Crippen LogP contribution in [0.25, 0.3) is 17.6 Å². The van der Waals surface area contributed by atoms with E-state index in [4.69, 9.17) is 0 Å². The topological polar surface area (TPSA) is 64.8 Å². The van der Waals surface area contributed by atoms with Gasteiger partial charge in [-0.1, -0.05) is 6.92 Å². The van der Waals surface area contributed by atoms with E-state index in [0.29, 0.717) is 12.0 Å². The van der Waals surface area contributed by atoms with Crippen LogP contribution in [0.3, 0.4) is 0 Å². The fraction of sp³-hybridized carbons (Fsp3) is 0.500. The third kappa shape index (κ3) is 4.24. The lowest BCUT2D eigenvalue weighted by Crippen LogP contribution is -2.36. The molecule has 5 nitrogen and oxygen atoms in total. The van der Waals surface area contributed by atoms with Gasteiger partial charge in [0.15, 0.2) is 21.3 Å². The van der Waals surface area contributed by atoms with Gasteiger partial charge in [-0.15, -0.1) is 0 Å². The monoisotopic (exact) mass is 427 g/mol. The SMILES string of the molecule is CCS(=O)(=O)c1cc(C2CC2)cnc1-c1ncc(/C=C/C(F)(F)C(C)(C)F)n1C. The van der Waals surface area contributed by atoms with Gasteiger partial charge in [0.25, 0.3) is 5.92 Å². The van der Waals surface area contributed by atoms with Crippen molar-refractivity contribution in [1.29, 1.82) is 0 Å². The summed E-state index contributed by atoms with van der Waals surface area (Å²) in [5, 5.41) is 0. The van der Waals surface area contributed by atoms with Crippen molar-refractivity contribution in [2.75, 3.05) is 5.75 Å². The Morgan fingerprint density at radius 1 is 1.21 bits per heavy atom. The van der Waals surface area contributed by atoms with E-state index in [1.807, 2.05) is 0 Å². The molecule has 9 heteroatoms. The summed E-state index contributed by atoms with van der Waals surface area (Å²) in [5.74, 6) is -3.20. The van der Waals surface area contributed by atoms with Crippen LogP contribution in [0, 0.1) is 0 Å². The highest BCUT2D eigenvalue weighted by molar-refractivity contribution is 7.91. The highest BCUT2D eigenvalue weighted by Gasteiger charge is 2.45. The van der Waals surface area contributed by atoms with E-state index < -0.39 is 21.4 Å². The van der Waals surface area contributed by atoms with Crippen LogP contribution < -0.4 is 0 Å². The molecule has 1 saturated carbocycles. The molecule has 0 atom stereocenters. The first-order valence-electron chi connectivity index (χ1n) is 9.38. The zero-order valence-electron chi connectivity index (χ0n) is 16.8. The van der Waals surface area contributed by atoms with Gasteiger partial charge in [-0.25, -0.2) is 17.8 Å². The van der Waals surface area contributed by atoms with Crippen LogP contribution >= 0.6 is 0 Å². The van der Waals surface area contributed by atoms with Gasteiger partial charge in [-0.2, -0.15) is 8.78 Å². The zero-order chi connectivity index (χ0) is 21.6. The number of aromatic nitrogens is 3. The number of rotatable bonds is 7. The Hall–Kier alpha value is -2.16. The first kappa shape index (κ1) is 21.5. The summed E-state index contributed by atoms with van der Waals surface area (Å²) >= 11 is 0. The minimum atomic E-state index is -3.67. The molecule has 29 heavy (non-hydrogen) atoms. The van der Waals surface area contributed by atoms with Crippen molar-refractivity contribution >= 4 is 15.9 Å². The van der Waals surface area contributed by atoms with Gasteiger partial charge in [-0.05, 0) is 56.4 Å². The van der Waals surface area contributed by atoms with Crippen molar-refractivity contribution in [1.82, 2.24) is 14.5 Å². The smallest absolute Gasteiger partial charge is 0.299 e. The van der Waals surface area contributed by atoms with Crippen molar-refractivity contribution in [2.45, 2.75) is 56.0 Å². The van der Waals surface area contributed by atoms with E-state index in [9.17, 15) is 21.6 Å². The number of hydrogen-bond acceptors (Lipinski definition) is 4. The largest absolute Gasteiger partial charge is 0.326 e. The molecular formula is C20H24F3N3O2S. The lowest BCUT2D eigenvalue weighted by molar-refractivity contribution is -0.0783. The molecule has 0 amide bonds. The van der Waals surface area contributed by atoms with Crippen LogP contribution in [0.1, 0.15) is 50.8 Å². The van der Waals surface area contributed by atoms with Gasteiger partial charge in [0.05, 0.1) is 22.5 Å². The van der Waals surface area contributed by atoms with E-state index in [0.717, 1.165) is 38.3 Å². The van der Waals surface area contributed by atoms with Gasteiger partial charge >= 0.3 is 0 Å². The second kappa shape index (κ2) is 7.27. The highest BCUT2D eigenvalue weighted by atomic mass is 32.2. The summed E-state index contributed by atoms with van der Waals surface area (Å²) in [5.41, 5.74) is -1.39. The maximum atomic E-state index is 13.9. The quantitative estimate of drug-likeness (QED) is 0.650. The Morgan fingerprint density at radius 3 is 2.41 bits per heavy atom. The number of imidazole rings is 1. The summed E-state index contributed by atoms with van der Waals surface area (Å²) in [6, 6.07) is 1.64. The zero-order valence-corrected chi connectivity index (χ0v) is 17.6. The molecule has 0 aliphatic heterocycles. The van der Waals surface area contributed by atoms with Crippen molar-refractivity contribution in [2.24, 2.45) is 7.05 Å². The molecule has 0 spiro atoms. The number of sulfone groups is 1. The highest BCUT2D eigenvalue weighted by Crippen LogP contribution is 2.41. The maximum Gasteiger partial charge on any atom is 0.299 e. The lowest BCUT2D eigenvalue weighted by Gasteiger charge is -2.23. The van der Waals surface area contributed by atoms with Gasteiger partial charge in [0.1, 0.15) is 5.69 Å². The van der Waals surface area contributed by atoms with Crippen molar-refractivity contribution in [3.63, 3.8) is 0 Å². The molecule has 2 aromatic heterocycles. The predicted octanol–water partition coefficient (Wildman–Crippen LogP) is 4.55. The summed E-state index contributed by atoms with van der Waals surface area (Å²) in [6.45, 7) is 3.16. The molecule has 1 aliphatic carbocycles. The van der Waals surface area contributed by atoms with Crippen LogP contribution in [-0.4, -0.2) is 40.3 Å². The third-order valence-corrected chi connectivity index (χ3v) is 6.87. The second-order valence-corrected chi connectivity index (χ2v) is 10.0. The van der Waals surface area contributed by atoms with Crippen LogP contribution in [-0.2, 0) is 16.9 Å². The standard InChI is InChI=1S/C20H24F3N3O2S/c1-5-29(27,28)16-10-14(13-6-7-13)11-24-17(16)18-25-12-15(26(18)4)8-9-20(22,23)19(2,3)21/h8-13H,5-7H2,1-4H3/b9-8+. The normalized spacial score (nSPS) is 16.0. The maximum absolute atomic E-state index is 13.9. The minimum absolute atomic E-state index is 0.0869. The second-order valence-electron chi connectivity index (χ2n) is 7.79. The van der Waals surface area contributed by atoms with E-state index >= 15 is 0 Å². The minimum Gasteiger partial charge on any atom is -0.326 e. The van der Waals surface area contributed by atoms with E-state index in [-0.39, 0.29) is 27.9 Å². The van der Waals surface area contributed by atoms with Gasteiger partial charge < -0.3 is 4.57 Å². The number of hydrogen-bond donors (Lipinski definition) is 0. The summed E-state index contributed by atoms with van der Waals surface area (Å²) in [7, 11) is -2.00. The van der Waals surface area contributed by atoms with Crippen molar-refractivity contribution in [3.8, 4) is 11.5 Å². The first-order valence-corrected chi connectivity index (χ1v) is 11.0. The van der Waals surface area contributed by atoms with Crippen LogP contribution in [0.2, 0.25) is 0 Å². The summed E-state index contributed by atoms with van der Waals surface area (Å²) < 4.78 is 68.2. The molecule has 158 valence electrons. The van der Waals surface area contributed by atoms with Gasteiger partial charge in [-0.3, -0.25) is 4.98 Å². The fourth-order valence-electron chi connectivity index (χ4n) is 2.85. The predicted molar refractivity (Wildman–Crippen MR) is 105 cm³/mol. The van der Waals surface area contributed by atoms with Gasteiger partial charge in [0.2, 0.25) is 0 Å². The lowest BCUT2D eigenvalue weighted by atomic mass is 10.0. The molecule has 0 unspecified atom stereocenters. The fourth-order valence-corrected chi connectivity index (χ4v) is 3.91. The molecule has 0 saturated heterocycles. The Kier molecular flexibility index (Phi) is 5.40. The Bertz CT molecular complexity index is 1050. The third-order valence-electron chi connectivity index (χ3n) is 5.13. The summed E-state index contributed by atoms with van der Waals surface area (Å²) in [4.78, 5) is 8.63. The number of alkyl halides is 3. The summed E-state index contributed by atoms with van der Waals surface area (Å²) in [6.07, 6.45) is 6.54.